The van der Waals surface area contributed by atoms with Crippen molar-refractivity contribution in [3.63, 3.8) is 0 Å². The number of nitrogens with zero attached hydrogens (tertiary/aromatic N) is 4. The van der Waals surface area contributed by atoms with E-state index in [0.29, 0.717) is 6.54 Å². The Bertz CT molecular complexity index is 1120. The van der Waals surface area contributed by atoms with Gasteiger partial charge in [-0.2, -0.15) is 0 Å². The summed E-state index contributed by atoms with van der Waals surface area (Å²) in [6.07, 6.45) is 8.74. The lowest BCUT2D eigenvalue weighted by molar-refractivity contribution is -0.125. The smallest absolute Gasteiger partial charge is 0.246 e. The first-order chi connectivity index (χ1) is 12.6. The van der Waals surface area contributed by atoms with Crippen LogP contribution in [0.25, 0.3) is 28.1 Å². The number of rotatable bonds is 4. The van der Waals surface area contributed by atoms with Gasteiger partial charge in [0.2, 0.25) is 5.91 Å². The van der Waals surface area contributed by atoms with Crippen molar-refractivity contribution in [3.05, 3.63) is 66.3 Å². The molecule has 0 spiro atoms. The van der Waals surface area contributed by atoms with Crippen LogP contribution in [0.1, 0.15) is 11.1 Å². The molecule has 0 saturated carbocycles. The number of pyridine rings is 1. The Kier molecular flexibility index (Phi) is 4.01. The van der Waals surface area contributed by atoms with E-state index in [2.05, 4.69) is 37.8 Å². The van der Waals surface area contributed by atoms with Crippen LogP contribution in [-0.4, -0.2) is 37.4 Å². The Hall–Kier alpha value is -3.41. The fraction of sp³-hybridized carbons (Fsp3) is 0.150. The lowest BCUT2D eigenvalue weighted by Crippen LogP contribution is -2.24. The molecule has 4 aromatic rings. The molecule has 0 unspecified atom stereocenters. The second kappa shape index (κ2) is 6.48. The first-order valence-corrected chi connectivity index (χ1v) is 8.37. The molecule has 1 amide bonds. The van der Waals surface area contributed by atoms with Gasteiger partial charge in [0.05, 0.1) is 6.33 Å². The number of hydrogen-bond donors (Lipinski definition) is 1. The molecular formula is C20H19N5O. The molecule has 26 heavy (non-hydrogen) atoms. The van der Waals surface area contributed by atoms with Crippen LogP contribution in [0.15, 0.2) is 55.1 Å². The summed E-state index contributed by atoms with van der Waals surface area (Å²) in [4.78, 5) is 25.6. The molecule has 1 aromatic carbocycles. The maximum absolute atomic E-state index is 12.5. The zero-order chi connectivity index (χ0) is 18.1. The average molecular weight is 345 g/mol. The van der Waals surface area contributed by atoms with Crippen molar-refractivity contribution < 1.29 is 4.79 Å². The van der Waals surface area contributed by atoms with Gasteiger partial charge >= 0.3 is 0 Å². The summed E-state index contributed by atoms with van der Waals surface area (Å²) in [5, 5.41) is 1.17. The Morgan fingerprint density at radius 3 is 3.04 bits per heavy atom. The van der Waals surface area contributed by atoms with Crippen molar-refractivity contribution in [2.45, 2.75) is 6.54 Å². The standard InChI is InChI=1S/C20H19N5O/c1-24-11-15(16-5-3-4-6-18(16)24)12-25(2)19(26)8-7-14-9-17-20(21-10-14)23-13-22-17/h3-11,13H,12H2,1-2H3,(H,21,22,23). The molecule has 1 N–H and O–H groups in total. The highest BCUT2D eigenvalue weighted by Gasteiger charge is 2.11. The summed E-state index contributed by atoms with van der Waals surface area (Å²) in [6, 6.07) is 10.1. The molecule has 0 bridgehead atoms. The number of likely N-dealkylation sites (N-methyl/N-ethyl adjacent to an activating group) is 1. The summed E-state index contributed by atoms with van der Waals surface area (Å²) in [6.45, 7) is 0.557. The van der Waals surface area contributed by atoms with E-state index in [1.165, 1.54) is 5.39 Å². The van der Waals surface area contributed by atoms with Crippen molar-refractivity contribution >= 4 is 34.1 Å². The summed E-state index contributed by atoms with van der Waals surface area (Å²) in [5.74, 6) is -0.0555. The lowest BCUT2D eigenvalue weighted by atomic mass is 10.1. The zero-order valence-corrected chi connectivity index (χ0v) is 14.7. The van der Waals surface area contributed by atoms with Crippen LogP contribution in [0, 0.1) is 0 Å². The summed E-state index contributed by atoms with van der Waals surface area (Å²) >= 11 is 0. The number of carbonyl (C=O) groups is 1. The van der Waals surface area contributed by atoms with Crippen LogP contribution >= 0.6 is 0 Å². The number of nitrogens with one attached hydrogen (secondary N) is 1. The Balaban J connectivity index is 1.50. The molecule has 130 valence electrons. The van der Waals surface area contributed by atoms with E-state index in [4.69, 9.17) is 0 Å². The van der Waals surface area contributed by atoms with Gasteiger partial charge in [0.25, 0.3) is 0 Å². The van der Waals surface area contributed by atoms with Crippen LogP contribution in [0.3, 0.4) is 0 Å². The van der Waals surface area contributed by atoms with Gasteiger partial charge in [0.1, 0.15) is 5.52 Å². The predicted molar refractivity (Wildman–Crippen MR) is 102 cm³/mol. The van der Waals surface area contributed by atoms with Crippen LogP contribution < -0.4 is 0 Å². The number of H-pyrrole nitrogens is 1. The number of imidazole rings is 1. The van der Waals surface area contributed by atoms with Gasteiger partial charge in [-0.05, 0) is 29.3 Å². The molecule has 4 rings (SSSR count). The third kappa shape index (κ3) is 2.97. The minimum Gasteiger partial charge on any atom is -0.350 e. The average Bonchev–Trinajstić information content (AvgIpc) is 3.24. The van der Waals surface area contributed by atoms with E-state index in [9.17, 15) is 4.79 Å². The number of aromatic nitrogens is 4. The minimum atomic E-state index is -0.0555. The van der Waals surface area contributed by atoms with Crippen molar-refractivity contribution in [2.24, 2.45) is 7.05 Å². The molecule has 0 radical (unpaired) electrons. The molecular weight excluding hydrogens is 326 g/mol. The Morgan fingerprint density at radius 1 is 1.31 bits per heavy atom. The number of amides is 1. The fourth-order valence-corrected chi connectivity index (χ4v) is 3.11. The van der Waals surface area contributed by atoms with Crippen molar-refractivity contribution in [1.29, 1.82) is 0 Å². The summed E-state index contributed by atoms with van der Waals surface area (Å²) < 4.78 is 2.09. The van der Waals surface area contributed by atoms with Crippen LogP contribution in [0.4, 0.5) is 0 Å². The number of carbonyl (C=O) groups excluding carboxylic acids is 1. The highest BCUT2D eigenvalue weighted by atomic mass is 16.2. The molecule has 3 aromatic heterocycles. The third-order valence-corrected chi connectivity index (χ3v) is 4.48. The lowest BCUT2D eigenvalue weighted by Gasteiger charge is -2.14. The third-order valence-electron chi connectivity index (χ3n) is 4.48. The number of benzene rings is 1. The van der Waals surface area contributed by atoms with Crippen molar-refractivity contribution in [1.82, 2.24) is 24.4 Å². The first kappa shape index (κ1) is 16.1. The molecule has 0 saturated heterocycles. The van der Waals surface area contributed by atoms with E-state index >= 15 is 0 Å². The van der Waals surface area contributed by atoms with E-state index in [1.54, 1.807) is 29.6 Å². The molecule has 0 fully saturated rings. The Morgan fingerprint density at radius 2 is 2.15 bits per heavy atom. The normalized spacial score (nSPS) is 11.6. The maximum Gasteiger partial charge on any atom is 0.246 e. The Labute approximate surface area is 150 Å². The fourth-order valence-electron chi connectivity index (χ4n) is 3.11. The van der Waals surface area contributed by atoms with Crippen LogP contribution in [0.5, 0.6) is 0 Å². The van der Waals surface area contributed by atoms with Crippen LogP contribution in [0.2, 0.25) is 0 Å². The molecule has 0 aliphatic rings. The molecule has 3 heterocycles. The monoisotopic (exact) mass is 345 g/mol. The van der Waals surface area contributed by atoms with Gasteiger partial charge in [-0.15, -0.1) is 0 Å². The second-order valence-electron chi connectivity index (χ2n) is 6.35. The zero-order valence-electron chi connectivity index (χ0n) is 14.7. The maximum atomic E-state index is 12.5. The van der Waals surface area contributed by atoms with Gasteiger partial charge in [0.15, 0.2) is 5.65 Å². The SMILES string of the molecule is CN(Cc1cn(C)c2ccccc12)C(=O)C=Cc1cnc2[nH]cnc2c1. The highest BCUT2D eigenvalue weighted by molar-refractivity contribution is 5.92. The number of para-hydroxylation sites is 1. The van der Waals surface area contributed by atoms with Gasteiger partial charge in [-0.3, -0.25) is 4.79 Å². The van der Waals surface area contributed by atoms with Gasteiger partial charge < -0.3 is 14.5 Å². The summed E-state index contributed by atoms with van der Waals surface area (Å²) in [7, 11) is 3.83. The quantitative estimate of drug-likeness (QED) is 0.578. The van der Waals surface area contributed by atoms with E-state index < -0.39 is 0 Å². The predicted octanol–water partition coefficient (Wildman–Crippen LogP) is 3.12. The summed E-state index contributed by atoms with van der Waals surface area (Å²) in [5.41, 5.74) is 4.66. The number of hydrogen-bond acceptors (Lipinski definition) is 3. The molecule has 6 heteroatoms. The second-order valence-corrected chi connectivity index (χ2v) is 6.35. The molecule has 6 nitrogen and oxygen atoms in total. The topological polar surface area (TPSA) is 66.8 Å². The van der Waals surface area contributed by atoms with Crippen LogP contribution in [-0.2, 0) is 18.4 Å². The van der Waals surface area contributed by atoms with Crippen molar-refractivity contribution in [3.8, 4) is 0 Å². The molecule has 0 aliphatic heterocycles. The number of fused-ring (bicyclic) bond motifs is 2. The molecule has 0 aliphatic carbocycles. The highest BCUT2D eigenvalue weighted by Crippen LogP contribution is 2.21. The largest absolute Gasteiger partial charge is 0.350 e. The van der Waals surface area contributed by atoms with Gasteiger partial charge in [0, 0.05) is 50.0 Å². The minimum absolute atomic E-state index is 0.0555. The van der Waals surface area contributed by atoms with E-state index in [1.807, 2.05) is 32.3 Å². The van der Waals surface area contributed by atoms with E-state index in [-0.39, 0.29) is 5.91 Å². The van der Waals surface area contributed by atoms with E-state index in [0.717, 1.165) is 27.8 Å². The van der Waals surface area contributed by atoms with Gasteiger partial charge in [-0.25, -0.2) is 9.97 Å². The first-order valence-electron chi connectivity index (χ1n) is 8.37. The number of aryl methyl sites for hydroxylation is 1. The molecule has 0 atom stereocenters. The number of aromatic amines is 1. The van der Waals surface area contributed by atoms with Crippen molar-refractivity contribution in [2.75, 3.05) is 7.05 Å². The van der Waals surface area contributed by atoms with Gasteiger partial charge in [-0.1, -0.05) is 18.2 Å².